The summed E-state index contributed by atoms with van der Waals surface area (Å²) in [6, 6.07) is 8.05. The molecule has 0 spiro atoms. The molecule has 3 aliphatic carbocycles. The van der Waals surface area contributed by atoms with E-state index in [4.69, 9.17) is 4.74 Å². The number of allylic oxidation sites excluding steroid dienone is 3. The number of Topliss-reactive ketones (excluding diaryl/α,β-unsaturated/α-hetero) is 1. The van der Waals surface area contributed by atoms with E-state index in [1.165, 1.54) is 5.57 Å². The average Bonchev–Trinajstić information content (AvgIpc) is 3.23. The van der Waals surface area contributed by atoms with Crippen molar-refractivity contribution in [2.45, 2.75) is 66.2 Å². The molecule has 3 aliphatic heterocycles. The number of hydrogen-bond donors (Lipinski definition) is 2. The second kappa shape index (κ2) is 8.30. The number of ketones is 1. The zero-order chi connectivity index (χ0) is 26.4. The summed E-state index contributed by atoms with van der Waals surface area (Å²) < 4.78 is 6.98. The van der Waals surface area contributed by atoms with E-state index in [-0.39, 0.29) is 35.0 Å². The van der Waals surface area contributed by atoms with Crippen molar-refractivity contribution in [1.82, 2.24) is 5.32 Å². The molecule has 7 rings (SSSR count). The molecular formula is C32H41NO4. The SMILES string of the molecule is C=CC1(C)C=C(C)C2C3C(Oc4ccc(cc4)CC4C(=O)NC(O)C4C(=O)C31)C1C(C)CC(C)CC21C. The van der Waals surface area contributed by atoms with E-state index in [1.807, 2.05) is 30.3 Å². The number of rotatable bonds is 1. The number of aliphatic hydroxyl groups is 1. The van der Waals surface area contributed by atoms with Crippen LogP contribution in [0.25, 0.3) is 0 Å². The summed E-state index contributed by atoms with van der Waals surface area (Å²) in [5.74, 6) is 0.240. The lowest BCUT2D eigenvalue weighted by molar-refractivity contribution is -0.139. The first-order valence-electron chi connectivity index (χ1n) is 14.1. The van der Waals surface area contributed by atoms with Gasteiger partial charge in [-0.3, -0.25) is 9.59 Å². The number of nitrogens with one attached hydrogen (secondary N) is 1. The number of amides is 1. The Morgan fingerprint density at radius 3 is 2.51 bits per heavy atom. The molecule has 6 aliphatic rings. The maximum Gasteiger partial charge on any atom is 0.226 e. The molecule has 2 N–H and O–H groups in total. The maximum absolute atomic E-state index is 14.8. The molecule has 1 aromatic rings. The van der Waals surface area contributed by atoms with Gasteiger partial charge < -0.3 is 15.2 Å². The first kappa shape index (κ1) is 24.9. The Hall–Kier alpha value is -2.40. The number of fused-ring (bicyclic) bond motifs is 4. The van der Waals surface area contributed by atoms with Gasteiger partial charge in [-0.05, 0) is 67.1 Å². The van der Waals surface area contributed by atoms with Crippen molar-refractivity contribution in [1.29, 1.82) is 0 Å². The van der Waals surface area contributed by atoms with Crippen LogP contribution in [-0.2, 0) is 16.0 Å². The Bertz CT molecular complexity index is 1170. The molecular weight excluding hydrogens is 462 g/mol. The van der Waals surface area contributed by atoms with Crippen LogP contribution < -0.4 is 10.1 Å². The molecule has 12 unspecified atom stereocenters. The van der Waals surface area contributed by atoms with E-state index in [0.29, 0.717) is 24.2 Å². The van der Waals surface area contributed by atoms with E-state index >= 15 is 0 Å². The molecule has 198 valence electrons. The van der Waals surface area contributed by atoms with Crippen LogP contribution in [0.15, 0.2) is 48.6 Å². The Morgan fingerprint density at radius 2 is 1.84 bits per heavy atom. The van der Waals surface area contributed by atoms with Gasteiger partial charge in [-0.1, -0.05) is 57.6 Å². The van der Waals surface area contributed by atoms with Crippen LogP contribution in [0.1, 0.15) is 53.0 Å². The van der Waals surface area contributed by atoms with Crippen LogP contribution in [0, 0.1) is 58.2 Å². The van der Waals surface area contributed by atoms with Gasteiger partial charge >= 0.3 is 0 Å². The second-order valence-corrected chi connectivity index (χ2v) is 13.5. The fourth-order valence-corrected chi connectivity index (χ4v) is 10.0. The highest BCUT2D eigenvalue weighted by Crippen LogP contribution is 2.68. The molecule has 37 heavy (non-hydrogen) atoms. The zero-order valence-corrected chi connectivity index (χ0v) is 22.7. The van der Waals surface area contributed by atoms with Gasteiger partial charge in [0.05, 0.1) is 11.8 Å². The van der Waals surface area contributed by atoms with Gasteiger partial charge in [-0.15, -0.1) is 6.58 Å². The molecule has 2 saturated carbocycles. The van der Waals surface area contributed by atoms with Crippen molar-refractivity contribution >= 4 is 11.7 Å². The summed E-state index contributed by atoms with van der Waals surface area (Å²) in [4.78, 5) is 27.8. The zero-order valence-electron chi connectivity index (χ0n) is 22.7. The van der Waals surface area contributed by atoms with Crippen molar-refractivity contribution in [2.75, 3.05) is 0 Å². The van der Waals surface area contributed by atoms with Crippen LogP contribution >= 0.6 is 0 Å². The van der Waals surface area contributed by atoms with Gasteiger partial charge in [-0.25, -0.2) is 0 Å². The van der Waals surface area contributed by atoms with E-state index < -0.39 is 29.4 Å². The Balaban J connectivity index is 1.60. The highest BCUT2D eigenvalue weighted by Gasteiger charge is 2.68. The van der Waals surface area contributed by atoms with E-state index in [1.54, 1.807) is 0 Å². The molecule has 2 bridgehead atoms. The van der Waals surface area contributed by atoms with E-state index in [2.05, 4.69) is 52.6 Å². The third-order valence-corrected chi connectivity index (χ3v) is 11.0. The first-order valence-corrected chi connectivity index (χ1v) is 14.1. The normalized spacial score (nSPS) is 48.4. The molecule has 1 aromatic carbocycles. The van der Waals surface area contributed by atoms with Gasteiger partial charge in [-0.2, -0.15) is 0 Å². The molecule has 0 aromatic heterocycles. The van der Waals surface area contributed by atoms with Crippen molar-refractivity contribution < 1.29 is 19.4 Å². The highest BCUT2D eigenvalue weighted by molar-refractivity contribution is 5.95. The lowest BCUT2D eigenvalue weighted by Gasteiger charge is -2.50. The van der Waals surface area contributed by atoms with Crippen LogP contribution in [0.2, 0.25) is 0 Å². The van der Waals surface area contributed by atoms with Crippen molar-refractivity contribution in [3.8, 4) is 5.75 Å². The van der Waals surface area contributed by atoms with Crippen molar-refractivity contribution in [2.24, 2.45) is 58.2 Å². The monoisotopic (exact) mass is 503 g/mol. The van der Waals surface area contributed by atoms with E-state index in [0.717, 1.165) is 24.2 Å². The minimum absolute atomic E-state index is 0.00405. The van der Waals surface area contributed by atoms with E-state index in [9.17, 15) is 14.7 Å². The molecule has 3 fully saturated rings. The van der Waals surface area contributed by atoms with Crippen LogP contribution in [0.5, 0.6) is 5.75 Å². The van der Waals surface area contributed by atoms with Gasteiger partial charge in [0, 0.05) is 23.2 Å². The largest absolute Gasteiger partial charge is 0.490 e. The predicted octanol–water partition coefficient (Wildman–Crippen LogP) is 4.94. The fraction of sp³-hybridized carbons (Fsp3) is 0.625. The summed E-state index contributed by atoms with van der Waals surface area (Å²) in [7, 11) is 0. The molecule has 12 atom stereocenters. The van der Waals surface area contributed by atoms with Crippen LogP contribution in [0.4, 0.5) is 0 Å². The smallest absolute Gasteiger partial charge is 0.226 e. The number of hydrogen-bond acceptors (Lipinski definition) is 4. The number of aliphatic hydroxyl groups excluding tert-OH is 1. The molecule has 0 radical (unpaired) electrons. The van der Waals surface area contributed by atoms with Crippen LogP contribution in [0.3, 0.4) is 0 Å². The Labute approximate surface area is 220 Å². The average molecular weight is 504 g/mol. The third-order valence-electron chi connectivity index (χ3n) is 11.0. The number of benzene rings is 1. The Kier molecular flexibility index (Phi) is 5.59. The lowest BCUT2D eigenvalue weighted by Crippen LogP contribution is -2.51. The summed E-state index contributed by atoms with van der Waals surface area (Å²) in [5, 5.41) is 13.7. The molecule has 3 heterocycles. The molecule has 5 nitrogen and oxygen atoms in total. The molecule has 1 saturated heterocycles. The van der Waals surface area contributed by atoms with Gasteiger partial charge in [0.25, 0.3) is 0 Å². The minimum atomic E-state index is -1.18. The van der Waals surface area contributed by atoms with Gasteiger partial charge in [0.2, 0.25) is 5.91 Å². The summed E-state index contributed by atoms with van der Waals surface area (Å²) in [5.41, 5.74) is 1.69. The third kappa shape index (κ3) is 3.45. The summed E-state index contributed by atoms with van der Waals surface area (Å²) >= 11 is 0. The standard InChI is InChI=1S/C32H41NO4/c1-7-31(5)15-18(4)24-23-26(31)27(34)22-21(29(35)33-30(22)36)13-19-8-10-20(11-9-19)37-28(23)25-17(3)12-16(2)14-32(24,25)6/h7-11,15-17,21-26,28,30,36H,1,12-14H2,2-6H3,(H,33,35). The summed E-state index contributed by atoms with van der Waals surface area (Å²) in [6.45, 7) is 15.7. The minimum Gasteiger partial charge on any atom is -0.490 e. The van der Waals surface area contributed by atoms with Crippen molar-refractivity contribution in [3.05, 3.63) is 54.1 Å². The summed E-state index contributed by atoms with van der Waals surface area (Å²) in [6.07, 6.45) is 5.54. The second-order valence-electron chi connectivity index (χ2n) is 13.5. The number of ether oxygens (including phenoxy) is 1. The maximum atomic E-state index is 14.8. The van der Waals surface area contributed by atoms with Gasteiger partial charge in [0.15, 0.2) is 0 Å². The lowest BCUT2D eigenvalue weighted by atomic mass is 9.53. The predicted molar refractivity (Wildman–Crippen MR) is 142 cm³/mol. The Morgan fingerprint density at radius 1 is 1.14 bits per heavy atom. The molecule has 5 heteroatoms. The molecule has 1 amide bonds. The quantitative estimate of drug-likeness (QED) is 0.532. The van der Waals surface area contributed by atoms with Crippen molar-refractivity contribution in [3.63, 3.8) is 0 Å². The van der Waals surface area contributed by atoms with Crippen LogP contribution in [-0.4, -0.2) is 29.1 Å². The fourth-order valence-electron chi connectivity index (χ4n) is 10.0. The number of carbonyl (C=O) groups is 2. The highest BCUT2D eigenvalue weighted by atomic mass is 16.5. The van der Waals surface area contributed by atoms with Gasteiger partial charge in [0.1, 0.15) is 23.9 Å². The topological polar surface area (TPSA) is 75.6 Å². The first-order chi connectivity index (χ1) is 17.5. The number of carbonyl (C=O) groups excluding carboxylic acids is 2.